The smallest absolute Gasteiger partial charge is 0.308 e. The maximum atomic E-state index is 12.1. The van der Waals surface area contributed by atoms with Crippen molar-refractivity contribution in [2.24, 2.45) is 5.92 Å². The van der Waals surface area contributed by atoms with E-state index in [4.69, 9.17) is 16.7 Å². The number of amides is 1. The van der Waals surface area contributed by atoms with Crippen LogP contribution in [0.2, 0.25) is 5.02 Å². The van der Waals surface area contributed by atoms with Crippen molar-refractivity contribution in [2.45, 2.75) is 11.3 Å². The second-order valence-corrected chi connectivity index (χ2v) is 7.30. The highest BCUT2D eigenvalue weighted by Crippen LogP contribution is 2.19. The monoisotopic (exact) mass is 331 g/mol. The number of hydrogen-bond acceptors (Lipinski definition) is 4. The molecule has 1 aromatic rings. The van der Waals surface area contributed by atoms with Gasteiger partial charge in [-0.1, -0.05) is 11.6 Å². The summed E-state index contributed by atoms with van der Waals surface area (Å²) in [6.07, 6.45) is 0.349. The molecule has 0 unspecified atom stereocenters. The Bertz CT molecular complexity index is 656. The molecule has 6 nitrogen and oxygen atoms in total. The van der Waals surface area contributed by atoms with Gasteiger partial charge in [-0.3, -0.25) is 9.59 Å². The largest absolute Gasteiger partial charge is 0.481 e. The third-order valence-corrected chi connectivity index (χ3v) is 5.25. The van der Waals surface area contributed by atoms with Crippen LogP contribution in [0.15, 0.2) is 29.2 Å². The lowest BCUT2D eigenvalue weighted by molar-refractivity contribution is -0.141. The lowest BCUT2D eigenvalue weighted by Gasteiger charge is -2.15. The van der Waals surface area contributed by atoms with Gasteiger partial charge in [0.25, 0.3) is 0 Å². The van der Waals surface area contributed by atoms with Gasteiger partial charge in [0, 0.05) is 18.1 Å². The quantitative estimate of drug-likeness (QED) is 0.890. The first kappa shape index (κ1) is 15.8. The molecule has 1 atom stereocenters. The molecule has 1 aliphatic rings. The number of halogens is 1. The van der Waals surface area contributed by atoms with Crippen molar-refractivity contribution >= 4 is 33.3 Å². The Balaban J connectivity index is 2.05. The maximum Gasteiger partial charge on any atom is 0.308 e. The van der Waals surface area contributed by atoms with E-state index in [1.165, 1.54) is 29.2 Å². The zero-order valence-electron chi connectivity index (χ0n) is 11.0. The number of nitrogens with zero attached hydrogens (tertiary/aromatic N) is 1. The van der Waals surface area contributed by atoms with E-state index in [-0.39, 0.29) is 18.0 Å². The van der Waals surface area contributed by atoms with E-state index >= 15 is 0 Å². The molecule has 0 spiro atoms. The highest BCUT2D eigenvalue weighted by molar-refractivity contribution is 7.92. The molecule has 2 rings (SSSR count). The summed E-state index contributed by atoms with van der Waals surface area (Å²) >= 11 is 5.69. The normalized spacial score (nSPS) is 18.7. The van der Waals surface area contributed by atoms with Crippen molar-refractivity contribution in [3.8, 4) is 0 Å². The number of carbonyl (C=O) groups excluding carboxylic acids is 1. The third-order valence-electron chi connectivity index (χ3n) is 3.38. The molecule has 1 heterocycles. The highest BCUT2D eigenvalue weighted by Gasteiger charge is 2.32. The van der Waals surface area contributed by atoms with Gasteiger partial charge in [0.1, 0.15) is 5.75 Å². The third kappa shape index (κ3) is 3.74. The van der Waals surface area contributed by atoms with Gasteiger partial charge < -0.3 is 10.0 Å². The van der Waals surface area contributed by atoms with Crippen molar-refractivity contribution in [3.63, 3.8) is 0 Å². The molecule has 1 saturated heterocycles. The van der Waals surface area contributed by atoms with Gasteiger partial charge in [0.05, 0.1) is 10.8 Å². The summed E-state index contributed by atoms with van der Waals surface area (Å²) in [5.74, 6) is -2.83. The number of rotatable bonds is 4. The predicted molar refractivity (Wildman–Crippen MR) is 75.8 cm³/mol. The zero-order valence-corrected chi connectivity index (χ0v) is 12.6. The molecular weight excluding hydrogens is 318 g/mol. The predicted octanol–water partition coefficient (Wildman–Crippen LogP) is 1.05. The number of sulfone groups is 1. The molecular formula is C13H14ClNO5S. The van der Waals surface area contributed by atoms with Gasteiger partial charge in [-0.2, -0.15) is 0 Å². The van der Waals surface area contributed by atoms with Gasteiger partial charge in [0.2, 0.25) is 5.91 Å². The molecule has 0 radical (unpaired) electrons. The first-order chi connectivity index (χ1) is 9.79. The first-order valence-corrected chi connectivity index (χ1v) is 8.31. The number of carboxylic acids is 1. The lowest BCUT2D eigenvalue weighted by Crippen LogP contribution is -2.34. The average Bonchev–Trinajstić information content (AvgIpc) is 2.88. The minimum atomic E-state index is -3.75. The van der Waals surface area contributed by atoms with E-state index in [0.717, 1.165) is 0 Å². The Morgan fingerprint density at radius 1 is 1.29 bits per heavy atom. The number of likely N-dealkylation sites (tertiary alicyclic amines) is 1. The van der Waals surface area contributed by atoms with Crippen LogP contribution in [0.4, 0.5) is 0 Å². The molecule has 1 fully saturated rings. The Hall–Kier alpha value is -1.60. The van der Waals surface area contributed by atoms with E-state index in [1.54, 1.807) is 0 Å². The van der Waals surface area contributed by atoms with E-state index in [0.29, 0.717) is 11.4 Å². The van der Waals surface area contributed by atoms with Crippen molar-refractivity contribution in [2.75, 3.05) is 18.8 Å². The SMILES string of the molecule is O=C(O)[C@@H]1CCN(C(=O)CS(=O)(=O)c2ccc(Cl)cc2)C1. The molecule has 1 N–H and O–H groups in total. The molecule has 114 valence electrons. The van der Waals surface area contributed by atoms with Crippen LogP contribution >= 0.6 is 11.6 Å². The molecule has 8 heteroatoms. The molecule has 1 amide bonds. The summed E-state index contributed by atoms with van der Waals surface area (Å²) in [5, 5.41) is 9.29. The summed E-state index contributed by atoms with van der Waals surface area (Å²) in [5.41, 5.74) is 0. The molecule has 0 bridgehead atoms. The van der Waals surface area contributed by atoms with Gasteiger partial charge in [-0.15, -0.1) is 0 Å². The fourth-order valence-electron chi connectivity index (χ4n) is 2.17. The minimum Gasteiger partial charge on any atom is -0.481 e. The first-order valence-electron chi connectivity index (χ1n) is 6.28. The Labute approximate surface area is 127 Å². The van der Waals surface area contributed by atoms with Crippen LogP contribution in [0, 0.1) is 5.92 Å². The number of aliphatic carboxylic acids is 1. The van der Waals surface area contributed by atoms with Gasteiger partial charge >= 0.3 is 5.97 Å². The van der Waals surface area contributed by atoms with Crippen LogP contribution < -0.4 is 0 Å². The molecule has 1 aliphatic heterocycles. The number of carboxylic acid groups (broad SMARTS) is 1. The molecule has 0 aliphatic carbocycles. The van der Waals surface area contributed by atoms with Crippen molar-refractivity contribution in [1.29, 1.82) is 0 Å². The minimum absolute atomic E-state index is 0.0224. The topological polar surface area (TPSA) is 91.8 Å². The van der Waals surface area contributed by atoms with Gasteiger partial charge in [0.15, 0.2) is 9.84 Å². The summed E-state index contributed by atoms with van der Waals surface area (Å²) in [6.45, 7) is 0.330. The van der Waals surface area contributed by atoms with E-state index in [2.05, 4.69) is 0 Å². The van der Waals surface area contributed by atoms with Crippen LogP contribution in [0.3, 0.4) is 0 Å². The van der Waals surface area contributed by atoms with E-state index in [1.807, 2.05) is 0 Å². The van der Waals surface area contributed by atoms with E-state index < -0.39 is 33.4 Å². The van der Waals surface area contributed by atoms with E-state index in [9.17, 15) is 18.0 Å². The van der Waals surface area contributed by atoms with Crippen LogP contribution in [-0.4, -0.2) is 49.1 Å². The van der Waals surface area contributed by atoms with Crippen LogP contribution in [0.1, 0.15) is 6.42 Å². The lowest BCUT2D eigenvalue weighted by atomic mass is 10.1. The van der Waals surface area contributed by atoms with Gasteiger partial charge in [-0.05, 0) is 30.7 Å². The van der Waals surface area contributed by atoms with Crippen LogP contribution in [-0.2, 0) is 19.4 Å². The maximum absolute atomic E-state index is 12.1. The fourth-order valence-corrected chi connectivity index (χ4v) is 3.52. The van der Waals surface area contributed by atoms with Gasteiger partial charge in [-0.25, -0.2) is 8.42 Å². The Kier molecular flexibility index (Phi) is 4.53. The average molecular weight is 332 g/mol. The van der Waals surface area contributed by atoms with Crippen LogP contribution in [0.5, 0.6) is 0 Å². The Morgan fingerprint density at radius 2 is 1.90 bits per heavy atom. The number of carbonyl (C=O) groups is 2. The summed E-state index contributed by atoms with van der Waals surface area (Å²) in [4.78, 5) is 24.1. The number of benzene rings is 1. The Morgan fingerprint density at radius 3 is 2.43 bits per heavy atom. The highest BCUT2D eigenvalue weighted by atomic mass is 35.5. The van der Waals surface area contributed by atoms with Crippen LogP contribution in [0.25, 0.3) is 0 Å². The molecule has 0 saturated carbocycles. The molecule has 21 heavy (non-hydrogen) atoms. The second-order valence-electron chi connectivity index (χ2n) is 4.88. The van der Waals surface area contributed by atoms with Crippen molar-refractivity contribution in [3.05, 3.63) is 29.3 Å². The number of hydrogen-bond donors (Lipinski definition) is 1. The fraction of sp³-hybridized carbons (Fsp3) is 0.385. The van der Waals surface area contributed by atoms with Crippen molar-refractivity contribution < 1.29 is 23.1 Å². The summed E-state index contributed by atoms with van der Waals surface area (Å²) in [7, 11) is -3.75. The second kappa shape index (κ2) is 6.03. The van der Waals surface area contributed by atoms with Crippen molar-refractivity contribution in [1.82, 2.24) is 4.90 Å². The summed E-state index contributed by atoms with van der Waals surface area (Å²) < 4.78 is 24.2. The molecule has 0 aromatic heterocycles. The summed E-state index contributed by atoms with van der Waals surface area (Å²) in [6, 6.07) is 5.56. The standard InChI is InChI=1S/C13H14ClNO5S/c14-10-1-3-11(4-2-10)21(19,20)8-12(16)15-6-5-9(7-15)13(17)18/h1-4,9H,5-8H2,(H,17,18)/t9-/m1/s1. The zero-order chi connectivity index (χ0) is 15.6. The molecule has 1 aromatic carbocycles.